The summed E-state index contributed by atoms with van der Waals surface area (Å²) in [5.74, 6) is 1.65. The topological polar surface area (TPSA) is 46.2 Å². The molecule has 2 rings (SSSR count). The van der Waals surface area contributed by atoms with E-state index in [4.69, 9.17) is 0 Å². The molecule has 1 aliphatic heterocycles. The summed E-state index contributed by atoms with van der Waals surface area (Å²) in [5.41, 5.74) is 0. The van der Waals surface area contributed by atoms with Crippen LogP contribution in [0.2, 0.25) is 0 Å². The fraction of sp³-hybridized carbons (Fsp3) is 1.00. The summed E-state index contributed by atoms with van der Waals surface area (Å²) >= 11 is 0. The highest BCUT2D eigenvalue weighted by Gasteiger charge is 2.27. The molecule has 0 aromatic heterocycles. The molecule has 3 atom stereocenters. The highest BCUT2D eigenvalue weighted by atomic mass is 32.2. The molecular weight excluding hydrogens is 246 g/mol. The zero-order chi connectivity index (χ0) is 13.0. The molecule has 2 aliphatic rings. The minimum Gasteiger partial charge on any atom is -0.310 e. The van der Waals surface area contributed by atoms with E-state index in [0.717, 1.165) is 18.8 Å². The Morgan fingerprint density at radius 1 is 1.00 bits per heavy atom. The van der Waals surface area contributed by atoms with Gasteiger partial charge in [0.1, 0.15) is 0 Å². The van der Waals surface area contributed by atoms with Crippen LogP contribution in [0, 0.1) is 5.92 Å². The van der Waals surface area contributed by atoms with Gasteiger partial charge < -0.3 is 5.32 Å². The van der Waals surface area contributed by atoms with E-state index < -0.39 is 9.84 Å². The van der Waals surface area contributed by atoms with Crippen molar-refractivity contribution < 1.29 is 8.42 Å². The van der Waals surface area contributed by atoms with E-state index in [-0.39, 0.29) is 6.04 Å². The van der Waals surface area contributed by atoms with Crippen molar-refractivity contribution in [1.82, 2.24) is 5.32 Å². The van der Waals surface area contributed by atoms with Gasteiger partial charge in [-0.05, 0) is 38.0 Å². The van der Waals surface area contributed by atoms with Crippen molar-refractivity contribution in [2.24, 2.45) is 5.92 Å². The molecule has 0 amide bonds. The minimum atomic E-state index is -2.77. The average Bonchev–Trinajstić information content (AvgIpc) is 2.53. The Hall–Kier alpha value is -0.0900. The molecule has 2 fully saturated rings. The quantitative estimate of drug-likeness (QED) is 0.804. The largest absolute Gasteiger partial charge is 0.310 e. The number of hydrogen-bond acceptors (Lipinski definition) is 3. The van der Waals surface area contributed by atoms with Crippen LogP contribution in [0.3, 0.4) is 0 Å². The van der Waals surface area contributed by atoms with Gasteiger partial charge in [-0.2, -0.15) is 0 Å². The van der Waals surface area contributed by atoms with E-state index in [1.165, 1.54) is 38.5 Å². The molecule has 0 radical (unpaired) electrons. The average molecular weight is 273 g/mol. The lowest BCUT2D eigenvalue weighted by molar-refractivity contribution is 0.377. The molecule has 3 nitrogen and oxygen atoms in total. The van der Waals surface area contributed by atoms with Crippen molar-refractivity contribution in [1.29, 1.82) is 0 Å². The van der Waals surface area contributed by atoms with Crippen LogP contribution in [0.1, 0.15) is 58.3 Å². The zero-order valence-electron chi connectivity index (χ0n) is 11.5. The highest BCUT2D eigenvalue weighted by molar-refractivity contribution is 7.91. The van der Waals surface area contributed by atoms with Gasteiger partial charge in [0, 0.05) is 12.1 Å². The number of sulfone groups is 1. The maximum absolute atomic E-state index is 11.6. The first-order valence-corrected chi connectivity index (χ1v) is 9.37. The van der Waals surface area contributed by atoms with Crippen molar-refractivity contribution in [2.75, 3.05) is 11.5 Å². The van der Waals surface area contributed by atoms with Gasteiger partial charge in [0.25, 0.3) is 0 Å². The third-order valence-electron chi connectivity index (χ3n) is 4.60. The molecule has 0 aromatic rings. The van der Waals surface area contributed by atoms with Crippen LogP contribution in [0.15, 0.2) is 0 Å². The fourth-order valence-corrected chi connectivity index (χ4v) is 5.09. The summed E-state index contributed by atoms with van der Waals surface area (Å²) in [6.45, 7) is 2.28. The second-order valence-corrected chi connectivity index (χ2v) is 8.33. The van der Waals surface area contributed by atoms with Crippen molar-refractivity contribution in [3.63, 3.8) is 0 Å². The maximum Gasteiger partial charge on any atom is 0.151 e. The van der Waals surface area contributed by atoms with E-state index in [1.54, 1.807) is 0 Å². The molecule has 18 heavy (non-hydrogen) atoms. The normalized spacial score (nSPS) is 37.1. The van der Waals surface area contributed by atoms with Crippen LogP contribution in [-0.2, 0) is 9.84 Å². The van der Waals surface area contributed by atoms with Crippen molar-refractivity contribution in [3.05, 3.63) is 0 Å². The zero-order valence-corrected chi connectivity index (χ0v) is 12.3. The molecule has 1 heterocycles. The minimum absolute atomic E-state index is 0.215. The lowest BCUT2D eigenvalue weighted by Gasteiger charge is -2.28. The molecular formula is C14H27NO2S. The van der Waals surface area contributed by atoms with Gasteiger partial charge in [-0.1, -0.05) is 26.2 Å². The summed E-state index contributed by atoms with van der Waals surface area (Å²) < 4.78 is 23.3. The Morgan fingerprint density at radius 2 is 1.78 bits per heavy atom. The lowest BCUT2D eigenvalue weighted by Crippen LogP contribution is -2.45. The van der Waals surface area contributed by atoms with Gasteiger partial charge in [-0.15, -0.1) is 0 Å². The molecule has 0 spiro atoms. The third kappa shape index (κ3) is 4.23. The number of rotatable bonds is 3. The molecule has 106 valence electrons. The summed E-state index contributed by atoms with van der Waals surface area (Å²) in [6, 6.07) is 0.770. The Bertz CT molecular complexity index is 353. The van der Waals surface area contributed by atoms with Gasteiger partial charge >= 0.3 is 0 Å². The van der Waals surface area contributed by atoms with Gasteiger partial charge in [-0.3, -0.25) is 0 Å². The van der Waals surface area contributed by atoms with Gasteiger partial charge in [-0.25, -0.2) is 8.42 Å². The Balaban J connectivity index is 1.82. The van der Waals surface area contributed by atoms with Crippen LogP contribution >= 0.6 is 0 Å². The van der Waals surface area contributed by atoms with Gasteiger partial charge in [0.05, 0.1) is 11.5 Å². The van der Waals surface area contributed by atoms with Gasteiger partial charge in [0.15, 0.2) is 9.84 Å². The number of hydrogen-bond donors (Lipinski definition) is 1. The molecule has 1 saturated carbocycles. The lowest BCUT2D eigenvalue weighted by atomic mass is 9.97. The Morgan fingerprint density at radius 3 is 2.50 bits per heavy atom. The van der Waals surface area contributed by atoms with Crippen LogP contribution in [-0.4, -0.2) is 32.0 Å². The summed E-state index contributed by atoms with van der Waals surface area (Å²) in [4.78, 5) is 0. The van der Waals surface area contributed by atoms with E-state index in [0.29, 0.717) is 17.5 Å². The van der Waals surface area contributed by atoms with Crippen molar-refractivity contribution >= 4 is 9.84 Å². The Kier molecular flexibility index (Phi) is 5.07. The number of nitrogens with one attached hydrogen (secondary N) is 1. The smallest absolute Gasteiger partial charge is 0.151 e. The van der Waals surface area contributed by atoms with E-state index in [9.17, 15) is 8.42 Å². The molecule has 3 unspecified atom stereocenters. The summed E-state index contributed by atoms with van der Waals surface area (Å²) in [6.07, 6.45) is 9.60. The summed E-state index contributed by atoms with van der Waals surface area (Å²) in [5, 5.41) is 3.62. The van der Waals surface area contributed by atoms with E-state index >= 15 is 0 Å². The predicted molar refractivity (Wildman–Crippen MR) is 75.5 cm³/mol. The molecule has 0 aromatic carbocycles. The monoisotopic (exact) mass is 273 g/mol. The third-order valence-corrected chi connectivity index (χ3v) is 6.42. The molecule has 1 N–H and O–H groups in total. The SMILES string of the molecule is CCC1CCCC(NC2CCCS(=O)(=O)C2)CC1. The van der Waals surface area contributed by atoms with E-state index in [2.05, 4.69) is 12.2 Å². The van der Waals surface area contributed by atoms with Crippen LogP contribution < -0.4 is 5.32 Å². The predicted octanol–water partition coefficient (Wildman–Crippen LogP) is 2.51. The fourth-order valence-electron chi connectivity index (χ4n) is 3.44. The maximum atomic E-state index is 11.6. The highest BCUT2D eigenvalue weighted by Crippen LogP contribution is 2.26. The van der Waals surface area contributed by atoms with Crippen molar-refractivity contribution in [3.8, 4) is 0 Å². The second-order valence-electron chi connectivity index (χ2n) is 6.10. The van der Waals surface area contributed by atoms with Crippen LogP contribution in [0.5, 0.6) is 0 Å². The van der Waals surface area contributed by atoms with Crippen molar-refractivity contribution in [2.45, 2.75) is 70.4 Å². The molecule has 4 heteroatoms. The first-order valence-electron chi connectivity index (χ1n) is 7.55. The molecule has 0 bridgehead atoms. The standard InChI is InChI=1S/C14H27NO2S/c1-2-12-5-3-6-13(9-8-12)15-14-7-4-10-18(16,17)11-14/h12-15H,2-11H2,1H3. The second kappa shape index (κ2) is 6.38. The first-order chi connectivity index (χ1) is 8.59. The summed E-state index contributed by atoms with van der Waals surface area (Å²) in [7, 11) is -2.77. The van der Waals surface area contributed by atoms with Gasteiger partial charge in [0.2, 0.25) is 0 Å². The molecule has 1 saturated heterocycles. The van der Waals surface area contributed by atoms with E-state index in [1.807, 2.05) is 0 Å². The Labute approximate surface area is 112 Å². The van der Waals surface area contributed by atoms with Crippen LogP contribution in [0.25, 0.3) is 0 Å². The molecule has 1 aliphatic carbocycles. The first kappa shape index (κ1) is 14.3. The van der Waals surface area contributed by atoms with Crippen LogP contribution in [0.4, 0.5) is 0 Å².